The van der Waals surface area contributed by atoms with Gasteiger partial charge in [0, 0.05) is 6.42 Å². The lowest BCUT2D eigenvalue weighted by Crippen LogP contribution is -2.62. The standard InChI is InChI=1S/C32H56O5/c1-5-6-7-8-9-10-17-37-29(36)14-11-21(2)24-12-13-25-30-26(20-28(35)32(24,25)4)31(3)16-15-23(33)18-22(31)19-27(30)34/h21-28,30,33-35H,5-20H2,1-4H3. The summed E-state index contributed by atoms with van der Waals surface area (Å²) in [6.45, 7) is 9.69. The summed E-state index contributed by atoms with van der Waals surface area (Å²) in [6, 6.07) is 0. The monoisotopic (exact) mass is 520 g/mol. The molecule has 0 aromatic heterocycles. The van der Waals surface area contributed by atoms with Gasteiger partial charge in [0.05, 0.1) is 24.9 Å². The van der Waals surface area contributed by atoms with E-state index in [-0.39, 0.29) is 41.0 Å². The smallest absolute Gasteiger partial charge is 0.305 e. The van der Waals surface area contributed by atoms with Crippen LogP contribution in [0.4, 0.5) is 0 Å². The summed E-state index contributed by atoms with van der Waals surface area (Å²) in [5.74, 6) is 1.88. The predicted molar refractivity (Wildman–Crippen MR) is 147 cm³/mol. The van der Waals surface area contributed by atoms with Crippen molar-refractivity contribution >= 4 is 5.97 Å². The van der Waals surface area contributed by atoms with Crippen LogP contribution in [0.15, 0.2) is 0 Å². The highest BCUT2D eigenvalue weighted by Gasteiger charge is 2.65. The maximum Gasteiger partial charge on any atom is 0.305 e. The molecule has 0 aromatic carbocycles. The van der Waals surface area contributed by atoms with Crippen LogP contribution in [0.25, 0.3) is 0 Å². The molecule has 0 aromatic rings. The predicted octanol–water partition coefficient (Wildman–Crippen LogP) is 6.27. The normalized spacial score (nSPS) is 44.0. The van der Waals surface area contributed by atoms with E-state index >= 15 is 0 Å². The lowest BCUT2D eigenvalue weighted by Gasteiger charge is -2.63. The number of fused-ring (bicyclic) bond motifs is 5. The molecule has 0 radical (unpaired) electrons. The number of aliphatic hydroxyl groups excluding tert-OH is 3. The van der Waals surface area contributed by atoms with Crippen molar-refractivity contribution in [3.05, 3.63) is 0 Å². The van der Waals surface area contributed by atoms with Crippen LogP contribution >= 0.6 is 0 Å². The van der Waals surface area contributed by atoms with Gasteiger partial charge in [0.25, 0.3) is 0 Å². The second kappa shape index (κ2) is 12.3. The Labute approximate surface area is 226 Å². The van der Waals surface area contributed by atoms with E-state index in [1.54, 1.807) is 0 Å². The lowest BCUT2D eigenvalue weighted by molar-refractivity contribution is -0.207. The molecule has 5 nitrogen and oxygen atoms in total. The molecule has 37 heavy (non-hydrogen) atoms. The largest absolute Gasteiger partial charge is 0.466 e. The molecule has 0 bridgehead atoms. The Bertz CT molecular complexity index is 755. The Morgan fingerprint density at radius 1 is 0.946 bits per heavy atom. The van der Waals surface area contributed by atoms with Crippen LogP contribution in [0.3, 0.4) is 0 Å². The van der Waals surface area contributed by atoms with Crippen molar-refractivity contribution in [1.82, 2.24) is 0 Å². The molecule has 0 heterocycles. The highest BCUT2D eigenvalue weighted by atomic mass is 16.5. The molecule has 0 spiro atoms. The molecule has 0 aliphatic heterocycles. The fourth-order valence-corrected chi connectivity index (χ4v) is 9.82. The number of unbranched alkanes of at least 4 members (excludes halogenated alkanes) is 5. The van der Waals surface area contributed by atoms with Crippen LogP contribution in [0.2, 0.25) is 0 Å². The molecule has 5 heteroatoms. The van der Waals surface area contributed by atoms with Gasteiger partial charge in [-0.15, -0.1) is 0 Å². The van der Waals surface area contributed by atoms with Crippen LogP contribution < -0.4 is 0 Å². The molecule has 4 rings (SSSR count). The van der Waals surface area contributed by atoms with Gasteiger partial charge in [0.15, 0.2) is 0 Å². The average Bonchev–Trinajstić information content (AvgIpc) is 3.22. The van der Waals surface area contributed by atoms with Crippen molar-refractivity contribution in [2.45, 2.75) is 142 Å². The summed E-state index contributed by atoms with van der Waals surface area (Å²) in [5.41, 5.74) is -0.101. The van der Waals surface area contributed by atoms with Gasteiger partial charge >= 0.3 is 5.97 Å². The Morgan fingerprint density at radius 3 is 2.43 bits per heavy atom. The molecule has 3 N–H and O–H groups in total. The fraction of sp³-hybridized carbons (Fsp3) is 0.969. The van der Waals surface area contributed by atoms with E-state index in [0.29, 0.717) is 42.6 Å². The topological polar surface area (TPSA) is 87.0 Å². The van der Waals surface area contributed by atoms with Gasteiger partial charge in [-0.2, -0.15) is 0 Å². The third-order valence-electron chi connectivity index (χ3n) is 12.1. The number of rotatable bonds is 11. The zero-order chi connectivity index (χ0) is 26.8. The Hall–Kier alpha value is -0.650. The first-order valence-electron chi connectivity index (χ1n) is 15.8. The van der Waals surface area contributed by atoms with Gasteiger partial charge in [-0.25, -0.2) is 0 Å². The molecular weight excluding hydrogens is 464 g/mol. The number of carbonyl (C=O) groups excluding carboxylic acids is 1. The van der Waals surface area contributed by atoms with Crippen molar-refractivity contribution in [3.8, 4) is 0 Å². The summed E-state index contributed by atoms with van der Waals surface area (Å²) < 4.78 is 5.53. The quantitative estimate of drug-likeness (QED) is 0.221. The van der Waals surface area contributed by atoms with Crippen LogP contribution in [0.5, 0.6) is 0 Å². The zero-order valence-electron chi connectivity index (χ0n) is 24.2. The molecule has 4 aliphatic carbocycles. The third-order valence-corrected chi connectivity index (χ3v) is 12.1. The van der Waals surface area contributed by atoms with Gasteiger partial charge in [-0.3, -0.25) is 4.79 Å². The number of esters is 1. The van der Waals surface area contributed by atoms with Crippen LogP contribution in [0.1, 0.15) is 124 Å². The van der Waals surface area contributed by atoms with Crippen molar-refractivity contribution in [2.24, 2.45) is 46.3 Å². The van der Waals surface area contributed by atoms with Gasteiger partial charge in [-0.1, -0.05) is 59.8 Å². The molecular formula is C32H56O5. The molecule has 0 saturated heterocycles. The first-order valence-corrected chi connectivity index (χ1v) is 15.8. The minimum Gasteiger partial charge on any atom is -0.466 e. The molecule has 4 fully saturated rings. The second-order valence-electron chi connectivity index (χ2n) is 14.0. The van der Waals surface area contributed by atoms with Crippen molar-refractivity contribution in [1.29, 1.82) is 0 Å². The summed E-state index contributed by atoms with van der Waals surface area (Å²) >= 11 is 0. The Balaban J connectivity index is 1.33. The van der Waals surface area contributed by atoms with E-state index in [1.165, 1.54) is 25.7 Å². The summed E-state index contributed by atoms with van der Waals surface area (Å²) in [6.07, 6.45) is 13.8. The summed E-state index contributed by atoms with van der Waals surface area (Å²) in [4.78, 5) is 12.4. The number of hydrogen-bond donors (Lipinski definition) is 3. The van der Waals surface area contributed by atoms with Crippen LogP contribution in [-0.2, 0) is 9.53 Å². The number of ether oxygens (including phenoxy) is 1. The number of hydrogen-bond acceptors (Lipinski definition) is 5. The van der Waals surface area contributed by atoms with Gasteiger partial charge < -0.3 is 20.1 Å². The van der Waals surface area contributed by atoms with E-state index in [9.17, 15) is 20.1 Å². The van der Waals surface area contributed by atoms with E-state index in [0.717, 1.165) is 64.2 Å². The highest BCUT2D eigenvalue weighted by molar-refractivity contribution is 5.69. The first kappa shape index (κ1) is 29.3. The molecule has 4 saturated carbocycles. The first-order chi connectivity index (χ1) is 17.6. The fourth-order valence-electron chi connectivity index (χ4n) is 9.82. The maximum absolute atomic E-state index is 12.4. The van der Waals surface area contributed by atoms with E-state index in [1.807, 2.05) is 0 Å². The molecule has 4 aliphatic rings. The Kier molecular flexibility index (Phi) is 9.71. The molecule has 11 unspecified atom stereocenters. The lowest BCUT2D eigenvalue weighted by atomic mass is 9.43. The van der Waals surface area contributed by atoms with Crippen molar-refractivity contribution in [3.63, 3.8) is 0 Å². The average molecular weight is 521 g/mol. The number of carbonyl (C=O) groups is 1. The molecule has 11 atom stereocenters. The summed E-state index contributed by atoms with van der Waals surface area (Å²) in [7, 11) is 0. The van der Waals surface area contributed by atoms with Gasteiger partial charge in [-0.05, 0) is 104 Å². The minimum absolute atomic E-state index is 0.0782. The van der Waals surface area contributed by atoms with Crippen molar-refractivity contribution in [2.75, 3.05) is 6.61 Å². The minimum atomic E-state index is -0.372. The maximum atomic E-state index is 12.4. The van der Waals surface area contributed by atoms with Gasteiger partial charge in [0.2, 0.25) is 0 Å². The van der Waals surface area contributed by atoms with Crippen LogP contribution in [0, 0.1) is 46.3 Å². The third kappa shape index (κ3) is 5.80. The second-order valence-corrected chi connectivity index (χ2v) is 14.0. The van der Waals surface area contributed by atoms with E-state index in [4.69, 9.17) is 4.74 Å². The summed E-state index contributed by atoms with van der Waals surface area (Å²) in [5, 5.41) is 33.5. The van der Waals surface area contributed by atoms with Gasteiger partial charge in [0.1, 0.15) is 0 Å². The highest BCUT2D eigenvalue weighted by Crippen LogP contribution is 2.68. The SMILES string of the molecule is CCCCCCCCOC(=O)CCC(C)C1CCC2C3C(O)CC4CC(O)CCC4(C)C3CC(O)C12C. The zero-order valence-corrected chi connectivity index (χ0v) is 24.2. The number of aliphatic hydroxyl groups is 3. The van der Waals surface area contributed by atoms with Crippen molar-refractivity contribution < 1.29 is 24.9 Å². The van der Waals surface area contributed by atoms with E-state index in [2.05, 4.69) is 27.7 Å². The Morgan fingerprint density at radius 2 is 1.68 bits per heavy atom. The van der Waals surface area contributed by atoms with Crippen LogP contribution in [-0.4, -0.2) is 46.2 Å². The molecule has 0 amide bonds. The van der Waals surface area contributed by atoms with E-state index < -0.39 is 0 Å². The molecule has 214 valence electrons.